The second-order valence-electron chi connectivity index (χ2n) is 5.40. The van der Waals surface area contributed by atoms with Gasteiger partial charge in [-0.05, 0) is 32.2 Å². The Kier molecular flexibility index (Phi) is 3.84. The average Bonchev–Trinajstić information content (AvgIpc) is 2.69. The van der Waals surface area contributed by atoms with Crippen molar-refractivity contribution < 1.29 is 0 Å². The highest BCUT2D eigenvalue weighted by Gasteiger charge is 2.30. The summed E-state index contributed by atoms with van der Waals surface area (Å²) in [6, 6.07) is 0.923. The zero-order valence-corrected chi connectivity index (χ0v) is 11.1. The molecule has 0 spiro atoms. The van der Waals surface area contributed by atoms with Crippen LogP contribution in [-0.2, 0) is 7.05 Å². The van der Waals surface area contributed by atoms with E-state index in [0.29, 0.717) is 18.6 Å². The normalized spacial score (nSPS) is 28.2. The van der Waals surface area contributed by atoms with Crippen LogP contribution in [0.4, 0.5) is 0 Å². The van der Waals surface area contributed by atoms with Crippen molar-refractivity contribution in [3.8, 4) is 0 Å². The number of nitrogens with two attached hydrogens (primary N) is 1. The van der Waals surface area contributed by atoms with Gasteiger partial charge in [0.25, 0.3) is 0 Å². The smallest absolute Gasteiger partial charge is 0.0946 e. The third-order valence-electron chi connectivity index (χ3n) is 4.01. The Morgan fingerprint density at radius 1 is 1.53 bits per heavy atom. The molecule has 0 aromatic carbocycles. The van der Waals surface area contributed by atoms with Crippen LogP contribution >= 0.6 is 0 Å². The lowest BCUT2D eigenvalue weighted by molar-refractivity contribution is 0.0815. The molecule has 4 heteroatoms. The van der Waals surface area contributed by atoms with Crippen molar-refractivity contribution in [1.29, 1.82) is 0 Å². The topological polar surface area (TPSA) is 47.1 Å². The number of aryl methyl sites for hydroxylation is 1. The number of piperidine rings is 1. The molecule has 0 aliphatic carbocycles. The van der Waals surface area contributed by atoms with Gasteiger partial charge in [-0.2, -0.15) is 0 Å². The van der Waals surface area contributed by atoms with Crippen molar-refractivity contribution in [3.63, 3.8) is 0 Å². The lowest BCUT2D eigenvalue weighted by atomic mass is 9.91. The van der Waals surface area contributed by atoms with Gasteiger partial charge in [-0.1, -0.05) is 6.92 Å². The summed E-state index contributed by atoms with van der Waals surface area (Å²) in [7, 11) is 2.04. The standard InChI is InChI=1S/C13H24N4/c1-10-4-5-17(11(2)6-10)12(7-14)13-8-15-9-16(13)3/h8-12H,4-7,14H2,1-3H3. The highest BCUT2D eigenvalue weighted by Crippen LogP contribution is 2.29. The molecule has 1 aromatic heterocycles. The number of aromatic nitrogens is 2. The number of nitrogens with zero attached hydrogens (tertiary/aromatic N) is 3. The Morgan fingerprint density at radius 2 is 2.29 bits per heavy atom. The lowest BCUT2D eigenvalue weighted by Gasteiger charge is -2.41. The van der Waals surface area contributed by atoms with Crippen molar-refractivity contribution in [2.45, 2.75) is 38.8 Å². The molecule has 0 amide bonds. The van der Waals surface area contributed by atoms with Crippen LogP contribution in [0, 0.1) is 5.92 Å². The summed E-state index contributed by atoms with van der Waals surface area (Å²) in [6.45, 7) is 6.47. The fourth-order valence-corrected chi connectivity index (χ4v) is 3.00. The van der Waals surface area contributed by atoms with E-state index in [-0.39, 0.29) is 0 Å². The highest BCUT2D eigenvalue weighted by molar-refractivity contribution is 5.07. The minimum atomic E-state index is 0.310. The molecule has 0 bridgehead atoms. The second kappa shape index (κ2) is 5.19. The maximum absolute atomic E-state index is 5.98. The Balaban J connectivity index is 2.16. The molecule has 17 heavy (non-hydrogen) atoms. The van der Waals surface area contributed by atoms with Gasteiger partial charge in [0, 0.05) is 25.8 Å². The molecule has 3 unspecified atom stereocenters. The fourth-order valence-electron chi connectivity index (χ4n) is 3.00. The van der Waals surface area contributed by atoms with E-state index in [4.69, 9.17) is 5.73 Å². The SMILES string of the molecule is CC1CCN(C(CN)c2cncn2C)C(C)C1. The molecule has 1 fully saturated rings. The van der Waals surface area contributed by atoms with Crippen LogP contribution in [-0.4, -0.2) is 33.6 Å². The summed E-state index contributed by atoms with van der Waals surface area (Å²) in [6.07, 6.45) is 6.35. The summed E-state index contributed by atoms with van der Waals surface area (Å²) >= 11 is 0. The average molecular weight is 236 g/mol. The summed E-state index contributed by atoms with van der Waals surface area (Å²) in [5.41, 5.74) is 7.21. The zero-order chi connectivity index (χ0) is 12.4. The van der Waals surface area contributed by atoms with Gasteiger partial charge in [-0.25, -0.2) is 4.98 Å². The molecule has 4 nitrogen and oxygen atoms in total. The Morgan fingerprint density at radius 3 is 2.82 bits per heavy atom. The first-order valence-electron chi connectivity index (χ1n) is 6.55. The van der Waals surface area contributed by atoms with Gasteiger partial charge in [0.15, 0.2) is 0 Å². The van der Waals surface area contributed by atoms with Crippen LogP contribution in [0.15, 0.2) is 12.5 Å². The predicted molar refractivity (Wildman–Crippen MR) is 69.6 cm³/mol. The molecular formula is C13H24N4. The molecular weight excluding hydrogens is 212 g/mol. The molecule has 1 aliphatic rings. The number of imidazole rings is 1. The Hall–Kier alpha value is -0.870. The Labute approximate surface area is 104 Å². The summed E-state index contributed by atoms with van der Waals surface area (Å²) in [4.78, 5) is 6.74. The molecule has 0 saturated carbocycles. The van der Waals surface area contributed by atoms with E-state index in [0.717, 1.165) is 12.5 Å². The van der Waals surface area contributed by atoms with Gasteiger partial charge in [0.05, 0.1) is 18.1 Å². The quantitative estimate of drug-likeness (QED) is 0.866. The molecule has 2 heterocycles. The maximum Gasteiger partial charge on any atom is 0.0946 e. The summed E-state index contributed by atoms with van der Waals surface area (Å²) < 4.78 is 2.09. The van der Waals surface area contributed by atoms with Crippen molar-refractivity contribution >= 4 is 0 Å². The first kappa shape index (κ1) is 12.6. The number of hydrogen-bond donors (Lipinski definition) is 1. The van der Waals surface area contributed by atoms with Gasteiger partial charge in [-0.3, -0.25) is 4.90 Å². The van der Waals surface area contributed by atoms with E-state index in [9.17, 15) is 0 Å². The molecule has 2 N–H and O–H groups in total. The zero-order valence-electron chi connectivity index (χ0n) is 11.1. The van der Waals surface area contributed by atoms with E-state index < -0.39 is 0 Å². The largest absolute Gasteiger partial charge is 0.336 e. The van der Waals surface area contributed by atoms with Crippen LogP contribution in [0.1, 0.15) is 38.4 Å². The van der Waals surface area contributed by atoms with Crippen LogP contribution in [0.25, 0.3) is 0 Å². The van der Waals surface area contributed by atoms with Gasteiger partial charge in [-0.15, -0.1) is 0 Å². The lowest BCUT2D eigenvalue weighted by Crippen LogP contribution is -2.45. The van der Waals surface area contributed by atoms with Gasteiger partial charge >= 0.3 is 0 Å². The van der Waals surface area contributed by atoms with E-state index in [2.05, 4.69) is 28.3 Å². The molecule has 2 rings (SSSR count). The Bertz CT molecular complexity index is 360. The van der Waals surface area contributed by atoms with E-state index in [1.54, 1.807) is 0 Å². The monoisotopic (exact) mass is 236 g/mol. The predicted octanol–water partition coefficient (Wildman–Crippen LogP) is 1.54. The highest BCUT2D eigenvalue weighted by atomic mass is 15.2. The van der Waals surface area contributed by atoms with E-state index >= 15 is 0 Å². The van der Waals surface area contributed by atoms with Gasteiger partial charge in [0.1, 0.15) is 0 Å². The molecule has 0 radical (unpaired) electrons. The minimum Gasteiger partial charge on any atom is -0.336 e. The molecule has 1 aromatic rings. The van der Waals surface area contributed by atoms with Crippen molar-refractivity contribution in [2.24, 2.45) is 18.7 Å². The first-order chi connectivity index (χ1) is 8.13. The fraction of sp³-hybridized carbons (Fsp3) is 0.769. The molecule has 96 valence electrons. The van der Waals surface area contributed by atoms with Gasteiger partial charge < -0.3 is 10.3 Å². The first-order valence-corrected chi connectivity index (χ1v) is 6.55. The van der Waals surface area contributed by atoms with Crippen LogP contribution in [0.5, 0.6) is 0 Å². The summed E-state index contributed by atoms with van der Waals surface area (Å²) in [5, 5.41) is 0. The molecule has 3 atom stereocenters. The molecule has 1 saturated heterocycles. The van der Waals surface area contributed by atoms with Gasteiger partial charge in [0.2, 0.25) is 0 Å². The van der Waals surface area contributed by atoms with Crippen molar-refractivity contribution in [3.05, 3.63) is 18.2 Å². The van der Waals surface area contributed by atoms with E-state index in [1.165, 1.54) is 18.5 Å². The van der Waals surface area contributed by atoms with Crippen LogP contribution in [0.2, 0.25) is 0 Å². The second-order valence-corrected chi connectivity index (χ2v) is 5.40. The third kappa shape index (κ3) is 2.53. The number of likely N-dealkylation sites (tertiary alicyclic amines) is 1. The third-order valence-corrected chi connectivity index (χ3v) is 4.01. The maximum atomic E-state index is 5.98. The number of hydrogen-bond acceptors (Lipinski definition) is 3. The van der Waals surface area contributed by atoms with E-state index in [1.807, 2.05) is 19.6 Å². The molecule has 1 aliphatic heterocycles. The minimum absolute atomic E-state index is 0.310. The van der Waals surface area contributed by atoms with Crippen molar-refractivity contribution in [2.75, 3.05) is 13.1 Å². The number of rotatable bonds is 3. The van der Waals surface area contributed by atoms with Crippen LogP contribution in [0.3, 0.4) is 0 Å². The summed E-state index contributed by atoms with van der Waals surface area (Å²) in [5.74, 6) is 0.839. The van der Waals surface area contributed by atoms with Crippen molar-refractivity contribution in [1.82, 2.24) is 14.5 Å². The van der Waals surface area contributed by atoms with Crippen LogP contribution < -0.4 is 5.73 Å².